The number of nitrogens with zero attached hydrogens (tertiary/aromatic N) is 2. The molecule has 5 heteroatoms. The van der Waals surface area contributed by atoms with Crippen LogP contribution in [0.2, 0.25) is 0 Å². The summed E-state index contributed by atoms with van der Waals surface area (Å²) in [4.78, 5) is 19.3. The lowest BCUT2D eigenvalue weighted by molar-refractivity contribution is 0.166. The third kappa shape index (κ3) is 3.20. The smallest absolute Gasteiger partial charge is 0.321 e. The quantitative estimate of drug-likeness (QED) is 0.645. The van der Waals surface area contributed by atoms with Crippen LogP contribution in [0.15, 0.2) is 66.9 Å². The molecule has 2 amide bonds. The third-order valence-electron chi connectivity index (χ3n) is 6.59. The summed E-state index contributed by atoms with van der Waals surface area (Å²) in [6.45, 7) is 1.51. The molecule has 30 heavy (non-hydrogen) atoms. The first kappa shape index (κ1) is 18.7. The van der Waals surface area contributed by atoms with E-state index in [4.69, 9.17) is 0 Å². The van der Waals surface area contributed by atoms with Gasteiger partial charge in [-0.25, -0.2) is 9.78 Å². The maximum atomic E-state index is 12.8. The molecule has 3 aromatic rings. The fourth-order valence-electron chi connectivity index (χ4n) is 4.96. The Morgan fingerprint density at radius 3 is 2.50 bits per heavy atom. The molecule has 0 bridgehead atoms. The highest BCUT2D eigenvalue weighted by atomic mass is 16.2. The Labute approximate surface area is 177 Å². The number of urea groups is 1. The Hall–Kier alpha value is -3.34. The number of amides is 2. The maximum absolute atomic E-state index is 12.8. The predicted octanol–water partition coefficient (Wildman–Crippen LogP) is 4.91. The van der Waals surface area contributed by atoms with Gasteiger partial charge in [-0.05, 0) is 59.7 Å². The van der Waals surface area contributed by atoms with Crippen LogP contribution in [0.1, 0.15) is 24.0 Å². The van der Waals surface area contributed by atoms with E-state index in [0.717, 1.165) is 43.9 Å². The molecule has 0 atom stereocenters. The van der Waals surface area contributed by atoms with Gasteiger partial charge in [-0.15, -0.1) is 0 Å². The Balaban J connectivity index is 1.39. The van der Waals surface area contributed by atoms with Crippen molar-refractivity contribution in [3.63, 3.8) is 0 Å². The van der Waals surface area contributed by atoms with E-state index in [1.54, 1.807) is 0 Å². The third-order valence-corrected chi connectivity index (χ3v) is 6.59. The number of hydrogen-bond donors (Lipinski definition) is 2. The summed E-state index contributed by atoms with van der Waals surface area (Å²) in [5.41, 5.74) is 6.20. The minimum absolute atomic E-state index is 0.0131. The number of benzene rings is 2. The van der Waals surface area contributed by atoms with Gasteiger partial charge >= 0.3 is 6.03 Å². The molecule has 0 unspecified atom stereocenters. The van der Waals surface area contributed by atoms with Crippen molar-refractivity contribution >= 4 is 17.5 Å². The van der Waals surface area contributed by atoms with Crippen molar-refractivity contribution in [2.75, 3.05) is 30.8 Å². The molecular formula is C25H26N4O. The van der Waals surface area contributed by atoms with Crippen molar-refractivity contribution in [3.8, 4) is 11.1 Å². The van der Waals surface area contributed by atoms with Crippen LogP contribution in [0.25, 0.3) is 11.1 Å². The molecule has 2 heterocycles. The van der Waals surface area contributed by atoms with Gasteiger partial charge in [-0.2, -0.15) is 0 Å². The van der Waals surface area contributed by atoms with E-state index >= 15 is 0 Å². The molecular weight excluding hydrogens is 372 g/mol. The van der Waals surface area contributed by atoms with Crippen LogP contribution in [0, 0.1) is 0 Å². The second kappa shape index (κ2) is 7.48. The van der Waals surface area contributed by atoms with Gasteiger partial charge in [-0.3, -0.25) is 0 Å². The summed E-state index contributed by atoms with van der Waals surface area (Å²) in [6.07, 6.45) is 4.91. The van der Waals surface area contributed by atoms with Crippen LogP contribution in [-0.4, -0.2) is 36.1 Å². The molecule has 5 rings (SSSR count). The van der Waals surface area contributed by atoms with Gasteiger partial charge in [0.2, 0.25) is 0 Å². The van der Waals surface area contributed by atoms with Crippen LogP contribution >= 0.6 is 0 Å². The number of aromatic nitrogens is 1. The largest absolute Gasteiger partial charge is 0.373 e. The number of para-hydroxylation sites is 1. The number of hydrogen-bond acceptors (Lipinski definition) is 3. The molecule has 1 fully saturated rings. The summed E-state index contributed by atoms with van der Waals surface area (Å²) in [6, 6.07) is 20.6. The molecule has 1 aromatic heterocycles. The van der Waals surface area contributed by atoms with Crippen molar-refractivity contribution in [1.82, 2.24) is 9.88 Å². The number of piperidine rings is 1. The first-order valence-electron chi connectivity index (χ1n) is 10.6. The zero-order valence-electron chi connectivity index (χ0n) is 17.2. The Bertz CT molecular complexity index is 1070. The topological polar surface area (TPSA) is 57.3 Å². The average molecular weight is 399 g/mol. The van der Waals surface area contributed by atoms with Gasteiger partial charge in [0, 0.05) is 37.4 Å². The number of likely N-dealkylation sites (tertiary alicyclic amines) is 1. The number of rotatable bonds is 2. The maximum Gasteiger partial charge on any atom is 0.321 e. The minimum Gasteiger partial charge on any atom is -0.373 e. The number of anilines is 2. The van der Waals surface area contributed by atoms with Gasteiger partial charge in [0.25, 0.3) is 0 Å². The molecule has 1 aliphatic carbocycles. The second-order valence-corrected chi connectivity index (χ2v) is 8.26. The average Bonchev–Trinajstić information content (AvgIpc) is 2.80. The van der Waals surface area contributed by atoms with Gasteiger partial charge in [0.05, 0.1) is 0 Å². The molecule has 0 saturated carbocycles. The van der Waals surface area contributed by atoms with Gasteiger partial charge < -0.3 is 15.5 Å². The van der Waals surface area contributed by atoms with E-state index in [0.29, 0.717) is 0 Å². The van der Waals surface area contributed by atoms with Crippen LogP contribution in [0.5, 0.6) is 0 Å². The van der Waals surface area contributed by atoms with E-state index < -0.39 is 0 Å². The lowest BCUT2D eigenvalue weighted by Gasteiger charge is -2.45. The van der Waals surface area contributed by atoms with Crippen molar-refractivity contribution in [2.45, 2.75) is 24.7 Å². The van der Waals surface area contributed by atoms with Crippen molar-refractivity contribution in [1.29, 1.82) is 0 Å². The molecule has 0 radical (unpaired) electrons. The highest BCUT2D eigenvalue weighted by Crippen LogP contribution is 2.48. The molecule has 2 N–H and O–H groups in total. The number of fused-ring (bicyclic) bond motifs is 4. The zero-order valence-corrected chi connectivity index (χ0v) is 17.2. The Morgan fingerprint density at radius 1 is 1.00 bits per heavy atom. The predicted molar refractivity (Wildman–Crippen MR) is 121 cm³/mol. The first-order valence-corrected chi connectivity index (χ1v) is 10.6. The lowest BCUT2D eigenvalue weighted by Crippen LogP contribution is -2.48. The monoisotopic (exact) mass is 398 g/mol. The Morgan fingerprint density at radius 2 is 1.73 bits per heavy atom. The fourth-order valence-corrected chi connectivity index (χ4v) is 4.96. The highest BCUT2D eigenvalue weighted by molar-refractivity contribution is 5.89. The molecule has 2 aliphatic rings. The number of pyridine rings is 1. The zero-order chi connectivity index (χ0) is 20.6. The van der Waals surface area contributed by atoms with Crippen LogP contribution in [0.4, 0.5) is 16.3 Å². The van der Waals surface area contributed by atoms with E-state index in [1.165, 1.54) is 22.3 Å². The van der Waals surface area contributed by atoms with Gasteiger partial charge in [0.15, 0.2) is 0 Å². The normalized spacial score (nSPS) is 16.5. The molecule has 1 spiro atoms. The number of carbonyl (C=O) groups is 1. The van der Waals surface area contributed by atoms with E-state index in [-0.39, 0.29) is 11.4 Å². The van der Waals surface area contributed by atoms with E-state index in [9.17, 15) is 4.79 Å². The lowest BCUT2D eigenvalue weighted by atomic mass is 9.63. The van der Waals surface area contributed by atoms with Gasteiger partial charge in [0.1, 0.15) is 5.82 Å². The highest BCUT2D eigenvalue weighted by Gasteiger charge is 2.42. The molecule has 1 aliphatic heterocycles. The Kier molecular flexibility index (Phi) is 4.66. The second-order valence-electron chi connectivity index (χ2n) is 8.26. The molecule has 152 valence electrons. The molecule has 1 saturated heterocycles. The fraction of sp³-hybridized carbons (Fsp3) is 0.280. The van der Waals surface area contributed by atoms with Crippen LogP contribution < -0.4 is 10.6 Å². The van der Waals surface area contributed by atoms with Crippen molar-refractivity contribution in [2.24, 2.45) is 0 Å². The first-order chi connectivity index (χ1) is 14.7. The summed E-state index contributed by atoms with van der Waals surface area (Å²) in [5, 5.41) is 6.18. The number of carbonyl (C=O) groups excluding carboxylic acids is 1. The van der Waals surface area contributed by atoms with Gasteiger partial charge in [-0.1, -0.05) is 42.5 Å². The minimum atomic E-state index is -0.0131. The summed E-state index contributed by atoms with van der Waals surface area (Å²) in [5.74, 6) is 0.895. The standard InChI is InChI=1S/C25H26N4O/c1-26-23-15-21-18(17-27-23)16-25(22-10-6-5-9-20(21)22)11-13-29(14-12-25)24(30)28-19-7-3-2-4-8-19/h2-10,15,17H,11-14,16H2,1H3,(H,26,27)(H,28,30). The SMILES string of the molecule is CNc1cc2c(cn1)CC1(CCN(C(=O)Nc3ccccc3)CC1)c1ccccc1-2. The van der Waals surface area contributed by atoms with Crippen molar-refractivity contribution < 1.29 is 4.79 Å². The summed E-state index contributed by atoms with van der Waals surface area (Å²) < 4.78 is 0. The van der Waals surface area contributed by atoms with Crippen LogP contribution in [-0.2, 0) is 11.8 Å². The molecule has 2 aromatic carbocycles. The number of nitrogens with one attached hydrogen (secondary N) is 2. The van der Waals surface area contributed by atoms with Crippen LogP contribution in [0.3, 0.4) is 0 Å². The molecule has 5 nitrogen and oxygen atoms in total. The summed E-state index contributed by atoms with van der Waals surface area (Å²) >= 11 is 0. The van der Waals surface area contributed by atoms with Crippen molar-refractivity contribution in [3.05, 3.63) is 78.0 Å². The van der Waals surface area contributed by atoms with E-state index in [1.807, 2.05) is 48.5 Å². The summed E-state index contributed by atoms with van der Waals surface area (Å²) in [7, 11) is 1.90. The van der Waals surface area contributed by atoms with E-state index in [2.05, 4.69) is 45.9 Å².